The van der Waals surface area contributed by atoms with Crippen LogP contribution in [0.15, 0.2) is 146 Å². The summed E-state index contributed by atoms with van der Waals surface area (Å²) in [7, 11) is 0. The van der Waals surface area contributed by atoms with E-state index in [4.69, 9.17) is 9.47 Å². The Bertz CT molecular complexity index is 2930. The molecule has 0 amide bonds. The molecule has 0 aliphatic carbocycles. The number of phenolic OH excluding ortho intramolecular Hbond substituents is 4. The van der Waals surface area contributed by atoms with E-state index in [0.717, 1.165) is 76.5 Å². The predicted molar refractivity (Wildman–Crippen MR) is 216 cm³/mol. The van der Waals surface area contributed by atoms with Crippen LogP contribution in [-0.2, 0) is 5.41 Å². The minimum absolute atomic E-state index is 0.119. The van der Waals surface area contributed by atoms with Gasteiger partial charge in [0.1, 0.15) is 46.0 Å². The zero-order valence-electron chi connectivity index (χ0n) is 29.5. The van der Waals surface area contributed by atoms with Gasteiger partial charge in [-0.3, -0.25) is 0 Å². The molecular formula is C49H32O6. The van der Waals surface area contributed by atoms with Crippen LogP contribution in [0.25, 0.3) is 43.1 Å². The lowest BCUT2D eigenvalue weighted by Gasteiger charge is -2.40. The van der Waals surface area contributed by atoms with Crippen LogP contribution in [0, 0.1) is 0 Å². The highest BCUT2D eigenvalue weighted by molar-refractivity contribution is 6.01. The first-order chi connectivity index (χ1) is 26.8. The molecule has 264 valence electrons. The summed E-state index contributed by atoms with van der Waals surface area (Å²) >= 11 is 0. The fourth-order valence-electron chi connectivity index (χ4n) is 9.46. The van der Waals surface area contributed by atoms with Crippen molar-refractivity contribution in [3.8, 4) is 46.0 Å². The van der Waals surface area contributed by atoms with Gasteiger partial charge in [-0.2, -0.15) is 0 Å². The van der Waals surface area contributed by atoms with E-state index < -0.39 is 5.41 Å². The molecule has 2 aliphatic heterocycles. The van der Waals surface area contributed by atoms with Crippen molar-refractivity contribution in [1.29, 1.82) is 0 Å². The van der Waals surface area contributed by atoms with E-state index in [9.17, 15) is 20.4 Å². The van der Waals surface area contributed by atoms with Crippen molar-refractivity contribution in [1.82, 2.24) is 0 Å². The summed E-state index contributed by atoms with van der Waals surface area (Å²) in [6.07, 6.45) is 0. The van der Waals surface area contributed by atoms with Crippen molar-refractivity contribution in [3.05, 3.63) is 179 Å². The third kappa shape index (κ3) is 4.25. The number of rotatable bonds is 2. The smallest absolute Gasteiger partial charge is 0.136 e. The molecule has 0 saturated heterocycles. The molecule has 9 aromatic carbocycles. The lowest BCUT2D eigenvalue weighted by Crippen LogP contribution is -2.30. The summed E-state index contributed by atoms with van der Waals surface area (Å²) in [6, 6.07) is 46.7. The highest BCUT2D eigenvalue weighted by atomic mass is 16.5. The third-order valence-electron chi connectivity index (χ3n) is 11.9. The van der Waals surface area contributed by atoms with Crippen LogP contribution in [0.1, 0.15) is 46.2 Å². The predicted octanol–water partition coefficient (Wildman–Crippen LogP) is 11.9. The highest BCUT2D eigenvalue weighted by Crippen LogP contribution is 2.59. The van der Waals surface area contributed by atoms with Gasteiger partial charge in [0.15, 0.2) is 0 Å². The van der Waals surface area contributed by atoms with Gasteiger partial charge in [0.25, 0.3) is 0 Å². The molecule has 0 radical (unpaired) electrons. The molecule has 11 rings (SSSR count). The lowest BCUT2D eigenvalue weighted by atomic mass is 9.66. The van der Waals surface area contributed by atoms with E-state index in [-0.39, 0.29) is 28.9 Å². The Morgan fingerprint density at radius 2 is 0.727 bits per heavy atom. The standard InChI is InChI=1S/C49H32O6/c1-49(47-34-16-8-4-12-30(34)38(52)24-42(47)55-43-25-39(53)31-13-5-9-17-35(31)48(43)49)27-20-18-26(19-21-27)44-45-32-14-6-2-10-28(32)36(50)22-40(45)54-41-23-37(51)29-11-3-7-15-33(29)46(41)44/h2-25,44,50-53H,1H3. The van der Waals surface area contributed by atoms with Crippen molar-refractivity contribution in [2.24, 2.45) is 0 Å². The second kappa shape index (κ2) is 11.2. The Kier molecular flexibility index (Phi) is 6.37. The van der Waals surface area contributed by atoms with Gasteiger partial charge in [-0.15, -0.1) is 0 Å². The second-order valence-electron chi connectivity index (χ2n) is 14.7. The molecule has 6 heteroatoms. The van der Waals surface area contributed by atoms with E-state index in [1.807, 2.05) is 97.1 Å². The van der Waals surface area contributed by atoms with Crippen LogP contribution in [0.2, 0.25) is 0 Å². The normalized spacial score (nSPS) is 14.2. The Morgan fingerprint density at radius 3 is 1.15 bits per heavy atom. The fraction of sp³-hybridized carbons (Fsp3) is 0.0612. The number of phenols is 4. The van der Waals surface area contributed by atoms with E-state index >= 15 is 0 Å². The minimum Gasteiger partial charge on any atom is -0.507 e. The SMILES string of the molecule is CC1(c2ccc(C3c4c(cc(O)c5ccccc45)Oc4cc(O)c5ccccc5c43)cc2)c2c(cc(O)c3ccccc23)Oc2cc(O)c3ccccc3c21. The molecule has 0 unspecified atom stereocenters. The number of ether oxygens (including phenoxy) is 2. The lowest BCUT2D eigenvalue weighted by molar-refractivity contribution is 0.417. The topological polar surface area (TPSA) is 99.4 Å². The Balaban J connectivity index is 1.20. The van der Waals surface area contributed by atoms with Crippen molar-refractivity contribution in [2.45, 2.75) is 18.3 Å². The molecule has 0 atom stereocenters. The maximum atomic E-state index is 11.2. The van der Waals surface area contributed by atoms with E-state index in [1.165, 1.54) is 0 Å². The molecule has 0 fully saturated rings. The van der Waals surface area contributed by atoms with Crippen LogP contribution in [0.3, 0.4) is 0 Å². The summed E-state index contributed by atoms with van der Waals surface area (Å²) in [5, 5.41) is 51.1. The Hall–Kier alpha value is -7.18. The largest absolute Gasteiger partial charge is 0.507 e. The fourth-order valence-corrected chi connectivity index (χ4v) is 9.46. The first kappa shape index (κ1) is 31.4. The van der Waals surface area contributed by atoms with Gasteiger partial charge in [0, 0.05) is 74.0 Å². The molecule has 0 spiro atoms. The zero-order valence-corrected chi connectivity index (χ0v) is 29.5. The van der Waals surface area contributed by atoms with Crippen molar-refractivity contribution in [2.75, 3.05) is 0 Å². The molecule has 0 aromatic heterocycles. The van der Waals surface area contributed by atoms with Gasteiger partial charge in [0.05, 0.1) is 5.41 Å². The molecule has 9 aromatic rings. The van der Waals surface area contributed by atoms with Gasteiger partial charge < -0.3 is 29.9 Å². The Labute approximate surface area is 315 Å². The number of hydrogen-bond acceptors (Lipinski definition) is 6. The average molecular weight is 717 g/mol. The number of hydrogen-bond donors (Lipinski definition) is 4. The molecule has 55 heavy (non-hydrogen) atoms. The van der Waals surface area contributed by atoms with Crippen LogP contribution < -0.4 is 9.47 Å². The van der Waals surface area contributed by atoms with Gasteiger partial charge in [-0.1, -0.05) is 121 Å². The summed E-state index contributed by atoms with van der Waals surface area (Å²) in [6.45, 7) is 2.20. The first-order valence-electron chi connectivity index (χ1n) is 18.3. The monoisotopic (exact) mass is 716 g/mol. The van der Waals surface area contributed by atoms with E-state index in [1.54, 1.807) is 24.3 Å². The molecule has 6 nitrogen and oxygen atoms in total. The van der Waals surface area contributed by atoms with Crippen molar-refractivity contribution in [3.63, 3.8) is 0 Å². The maximum absolute atomic E-state index is 11.2. The average Bonchev–Trinajstić information content (AvgIpc) is 3.20. The van der Waals surface area contributed by atoms with Gasteiger partial charge >= 0.3 is 0 Å². The highest BCUT2D eigenvalue weighted by Gasteiger charge is 2.44. The van der Waals surface area contributed by atoms with Crippen LogP contribution in [-0.4, -0.2) is 20.4 Å². The maximum Gasteiger partial charge on any atom is 0.136 e. The van der Waals surface area contributed by atoms with Gasteiger partial charge in [0.2, 0.25) is 0 Å². The molecular weight excluding hydrogens is 685 g/mol. The molecule has 0 saturated carbocycles. The summed E-state index contributed by atoms with van der Waals surface area (Å²) in [4.78, 5) is 0. The van der Waals surface area contributed by atoms with Crippen molar-refractivity contribution < 1.29 is 29.9 Å². The molecule has 2 aliphatic rings. The molecule has 2 heterocycles. The summed E-state index contributed by atoms with van der Waals surface area (Å²) < 4.78 is 13.1. The number of benzene rings is 9. The Morgan fingerprint density at radius 1 is 0.400 bits per heavy atom. The minimum atomic E-state index is -0.801. The molecule has 0 bridgehead atoms. The molecule has 4 N–H and O–H groups in total. The zero-order chi connectivity index (χ0) is 37.2. The van der Waals surface area contributed by atoms with E-state index in [0.29, 0.717) is 23.0 Å². The summed E-state index contributed by atoms with van der Waals surface area (Å²) in [5.41, 5.74) is 4.89. The van der Waals surface area contributed by atoms with E-state index in [2.05, 4.69) is 31.2 Å². The second-order valence-corrected chi connectivity index (χ2v) is 14.7. The van der Waals surface area contributed by atoms with Crippen molar-refractivity contribution >= 4 is 43.1 Å². The first-order valence-corrected chi connectivity index (χ1v) is 18.3. The third-order valence-corrected chi connectivity index (χ3v) is 11.9. The summed E-state index contributed by atoms with van der Waals surface area (Å²) in [5.74, 6) is 2.28. The van der Waals surface area contributed by atoms with Gasteiger partial charge in [-0.25, -0.2) is 0 Å². The van der Waals surface area contributed by atoms with Gasteiger partial charge in [-0.05, 0) is 39.6 Å². The van der Waals surface area contributed by atoms with Crippen LogP contribution in [0.5, 0.6) is 46.0 Å². The number of aromatic hydroxyl groups is 4. The van der Waals surface area contributed by atoms with Crippen LogP contribution >= 0.6 is 0 Å². The quantitative estimate of drug-likeness (QED) is 0.142. The van der Waals surface area contributed by atoms with Crippen LogP contribution in [0.4, 0.5) is 0 Å². The number of fused-ring (bicyclic) bond motifs is 12.